The van der Waals surface area contributed by atoms with Crippen molar-refractivity contribution < 1.29 is 9.53 Å². The van der Waals surface area contributed by atoms with Crippen LogP contribution in [0.4, 0.5) is 0 Å². The van der Waals surface area contributed by atoms with Gasteiger partial charge in [0, 0.05) is 19.8 Å². The molecule has 0 spiro atoms. The molecule has 5 nitrogen and oxygen atoms in total. The summed E-state index contributed by atoms with van der Waals surface area (Å²) < 4.78 is 6.72. The summed E-state index contributed by atoms with van der Waals surface area (Å²) in [7, 11) is 3.35. The normalized spacial score (nSPS) is 12.8. The Labute approximate surface area is 102 Å². The van der Waals surface area contributed by atoms with Crippen molar-refractivity contribution in [3.05, 3.63) is 18.2 Å². The number of methoxy groups -OCH3 is 1. The number of hydrogen-bond acceptors (Lipinski definition) is 4. The number of carbonyl (C=O) groups excluding carboxylic acids is 1. The Kier molecular flexibility index (Phi) is 5.15. The van der Waals surface area contributed by atoms with Crippen molar-refractivity contribution in [3.63, 3.8) is 0 Å². The highest BCUT2D eigenvalue weighted by Gasteiger charge is 2.19. The molecule has 0 saturated carbocycles. The molecule has 1 heterocycles. The van der Waals surface area contributed by atoms with Crippen LogP contribution in [0.1, 0.15) is 26.0 Å². The van der Waals surface area contributed by atoms with E-state index < -0.39 is 0 Å². The molecule has 0 radical (unpaired) electrons. The summed E-state index contributed by atoms with van der Waals surface area (Å²) in [6, 6.07) is -0.255. The Morgan fingerprint density at radius 1 is 1.59 bits per heavy atom. The molecule has 1 N–H and O–H groups in total. The third kappa shape index (κ3) is 4.19. The van der Waals surface area contributed by atoms with Crippen LogP contribution < -0.4 is 5.32 Å². The maximum Gasteiger partial charge on any atom is 0.322 e. The molecule has 0 fully saturated rings. The first-order valence-electron chi connectivity index (χ1n) is 5.81. The van der Waals surface area contributed by atoms with Crippen molar-refractivity contribution in [2.75, 3.05) is 7.11 Å². The van der Waals surface area contributed by atoms with Gasteiger partial charge in [0.1, 0.15) is 6.04 Å². The lowest BCUT2D eigenvalue weighted by atomic mass is 10.0. The zero-order chi connectivity index (χ0) is 12.8. The molecule has 0 saturated heterocycles. The standard InChI is InChI=1S/C12H21N3O2/c1-9(2)5-11(12(16)17-4)14-7-10-6-13-8-15(10)3/h6,8-9,11,14H,5,7H2,1-4H3. The zero-order valence-electron chi connectivity index (χ0n) is 10.9. The Hall–Kier alpha value is -1.36. The number of imidazole rings is 1. The highest BCUT2D eigenvalue weighted by Crippen LogP contribution is 2.07. The van der Waals surface area contributed by atoms with Crippen LogP contribution in [-0.4, -0.2) is 28.7 Å². The van der Waals surface area contributed by atoms with E-state index in [0.29, 0.717) is 12.5 Å². The van der Waals surface area contributed by atoms with E-state index in [1.54, 1.807) is 12.5 Å². The minimum absolute atomic E-state index is 0.208. The second kappa shape index (κ2) is 6.39. The Bertz CT molecular complexity index is 360. The predicted molar refractivity (Wildman–Crippen MR) is 65.3 cm³/mol. The third-order valence-electron chi connectivity index (χ3n) is 2.64. The van der Waals surface area contributed by atoms with Gasteiger partial charge in [-0.3, -0.25) is 10.1 Å². The van der Waals surface area contributed by atoms with E-state index in [9.17, 15) is 4.79 Å². The molecule has 1 rings (SSSR count). The summed E-state index contributed by atoms with van der Waals surface area (Å²) in [5, 5.41) is 3.21. The van der Waals surface area contributed by atoms with Crippen molar-refractivity contribution in [1.29, 1.82) is 0 Å². The molecule has 0 amide bonds. The van der Waals surface area contributed by atoms with Crippen LogP contribution in [0.2, 0.25) is 0 Å². The molecule has 1 atom stereocenters. The Morgan fingerprint density at radius 2 is 2.29 bits per heavy atom. The minimum Gasteiger partial charge on any atom is -0.468 e. The molecule has 5 heteroatoms. The number of ether oxygens (including phenoxy) is 1. The quantitative estimate of drug-likeness (QED) is 0.755. The Morgan fingerprint density at radius 3 is 2.76 bits per heavy atom. The van der Waals surface area contributed by atoms with Crippen molar-refractivity contribution in [2.45, 2.75) is 32.9 Å². The number of hydrogen-bond donors (Lipinski definition) is 1. The van der Waals surface area contributed by atoms with Gasteiger partial charge in [-0.15, -0.1) is 0 Å². The van der Waals surface area contributed by atoms with Gasteiger partial charge in [0.25, 0.3) is 0 Å². The maximum absolute atomic E-state index is 11.6. The van der Waals surface area contributed by atoms with E-state index in [4.69, 9.17) is 4.74 Å². The average Bonchev–Trinajstić information content (AvgIpc) is 2.68. The lowest BCUT2D eigenvalue weighted by molar-refractivity contribution is -0.143. The van der Waals surface area contributed by atoms with Crippen LogP contribution in [0.25, 0.3) is 0 Å². The first kappa shape index (κ1) is 13.7. The van der Waals surface area contributed by atoms with E-state index in [-0.39, 0.29) is 12.0 Å². The molecular formula is C12H21N3O2. The smallest absolute Gasteiger partial charge is 0.322 e. The molecule has 17 heavy (non-hydrogen) atoms. The average molecular weight is 239 g/mol. The summed E-state index contributed by atoms with van der Waals surface area (Å²) >= 11 is 0. The summed E-state index contributed by atoms with van der Waals surface area (Å²) in [4.78, 5) is 15.6. The van der Waals surface area contributed by atoms with Crippen molar-refractivity contribution in [3.8, 4) is 0 Å². The van der Waals surface area contributed by atoms with E-state index in [0.717, 1.165) is 12.1 Å². The summed E-state index contributed by atoms with van der Waals surface area (Å²) in [6.45, 7) is 4.78. The SMILES string of the molecule is COC(=O)C(CC(C)C)NCc1cncn1C. The molecule has 0 bridgehead atoms. The van der Waals surface area contributed by atoms with Crippen LogP contribution in [-0.2, 0) is 23.1 Å². The van der Waals surface area contributed by atoms with Crippen molar-refractivity contribution in [1.82, 2.24) is 14.9 Å². The van der Waals surface area contributed by atoms with Gasteiger partial charge in [-0.05, 0) is 12.3 Å². The molecule has 96 valence electrons. The molecule has 0 aliphatic heterocycles. The van der Waals surface area contributed by atoms with Gasteiger partial charge in [-0.25, -0.2) is 4.98 Å². The zero-order valence-corrected chi connectivity index (χ0v) is 10.9. The highest BCUT2D eigenvalue weighted by molar-refractivity contribution is 5.75. The molecule has 1 aromatic heterocycles. The van der Waals surface area contributed by atoms with Gasteiger partial charge < -0.3 is 9.30 Å². The van der Waals surface area contributed by atoms with Crippen LogP contribution in [0.3, 0.4) is 0 Å². The molecule has 1 unspecified atom stereocenters. The highest BCUT2D eigenvalue weighted by atomic mass is 16.5. The second-order valence-corrected chi connectivity index (χ2v) is 4.58. The second-order valence-electron chi connectivity index (χ2n) is 4.58. The fourth-order valence-corrected chi connectivity index (χ4v) is 1.66. The largest absolute Gasteiger partial charge is 0.468 e. The van der Waals surface area contributed by atoms with Gasteiger partial charge in [-0.1, -0.05) is 13.8 Å². The summed E-state index contributed by atoms with van der Waals surface area (Å²) in [6.07, 6.45) is 4.30. The molecule has 1 aromatic rings. The predicted octanol–water partition coefficient (Wildman–Crippen LogP) is 1.10. The van der Waals surface area contributed by atoms with Crippen molar-refractivity contribution in [2.24, 2.45) is 13.0 Å². The lowest BCUT2D eigenvalue weighted by Gasteiger charge is -2.18. The van der Waals surface area contributed by atoms with E-state index in [1.165, 1.54) is 7.11 Å². The molecular weight excluding hydrogens is 218 g/mol. The number of aromatic nitrogens is 2. The van der Waals surface area contributed by atoms with Crippen LogP contribution in [0.5, 0.6) is 0 Å². The van der Waals surface area contributed by atoms with Gasteiger partial charge >= 0.3 is 5.97 Å². The molecule has 0 aliphatic rings. The minimum atomic E-state index is -0.255. The van der Waals surface area contributed by atoms with Crippen LogP contribution in [0, 0.1) is 5.92 Å². The van der Waals surface area contributed by atoms with E-state index in [2.05, 4.69) is 24.1 Å². The monoisotopic (exact) mass is 239 g/mol. The first-order chi connectivity index (χ1) is 8.04. The van der Waals surface area contributed by atoms with Gasteiger partial charge in [0.05, 0.1) is 19.1 Å². The van der Waals surface area contributed by atoms with E-state index >= 15 is 0 Å². The molecule has 0 aliphatic carbocycles. The summed E-state index contributed by atoms with van der Waals surface area (Å²) in [5.41, 5.74) is 1.04. The fourth-order valence-electron chi connectivity index (χ4n) is 1.66. The number of rotatable bonds is 6. The topological polar surface area (TPSA) is 56.1 Å². The van der Waals surface area contributed by atoms with Crippen LogP contribution >= 0.6 is 0 Å². The number of esters is 1. The van der Waals surface area contributed by atoms with Gasteiger partial charge in [-0.2, -0.15) is 0 Å². The first-order valence-corrected chi connectivity index (χ1v) is 5.81. The fraction of sp³-hybridized carbons (Fsp3) is 0.667. The van der Waals surface area contributed by atoms with E-state index in [1.807, 2.05) is 11.6 Å². The lowest BCUT2D eigenvalue weighted by Crippen LogP contribution is -2.38. The number of carbonyl (C=O) groups is 1. The maximum atomic E-state index is 11.6. The van der Waals surface area contributed by atoms with Crippen molar-refractivity contribution >= 4 is 5.97 Å². The van der Waals surface area contributed by atoms with Crippen LogP contribution in [0.15, 0.2) is 12.5 Å². The summed E-state index contributed by atoms with van der Waals surface area (Å²) in [5.74, 6) is 0.235. The van der Waals surface area contributed by atoms with Gasteiger partial charge in [0.2, 0.25) is 0 Å². The number of nitrogens with zero attached hydrogens (tertiary/aromatic N) is 2. The Balaban J connectivity index is 2.55. The molecule has 0 aromatic carbocycles. The number of aryl methyl sites for hydroxylation is 1. The third-order valence-corrected chi connectivity index (χ3v) is 2.64. The van der Waals surface area contributed by atoms with Gasteiger partial charge in [0.15, 0.2) is 0 Å². The number of nitrogens with one attached hydrogen (secondary N) is 1.